The van der Waals surface area contributed by atoms with E-state index in [0.717, 1.165) is 51.2 Å². The minimum Gasteiger partial charge on any atom is -0.490 e. The largest absolute Gasteiger partial charge is 0.490 e. The number of ketones is 1. The summed E-state index contributed by atoms with van der Waals surface area (Å²) in [7, 11) is 1.02. The van der Waals surface area contributed by atoms with E-state index in [2.05, 4.69) is 17.0 Å². The molecule has 48 heavy (non-hydrogen) atoms. The third kappa shape index (κ3) is 16.7. The van der Waals surface area contributed by atoms with Crippen LogP contribution >= 0.6 is 0 Å². The molecule has 0 bridgehead atoms. The number of allylic oxidation sites excluding steroid dienone is 2. The predicted octanol–water partition coefficient (Wildman–Crippen LogP) is 5.96. The van der Waals surface area contributed by atoms with Gasteiger partial charge in [0.15, 0.2) is 5.60 Å². The highest BCUT2D eigenvalue weighted by molar-refractivity contribution is 5.94. The molecule has 11 heteroatoms. The van der Waals surface area contributed by atoms with Crippen LogP contribution in [0.3, 0.4) is 0 Å². The summed E-state index contributed by atoms with van der Waals surface area (Å²) >= 11 is 0. The fourth-order valence-corrected chi connectivity index (χ4v) is 5.02. The summed E-state index contributed by atoms with van der Waals surface area (Å²) in [6.07, 6.45) is 13.7. The van der Waals surface area contributed by atoms with Crippen molar-refractivity contribution >= 4 is 29.6 Å². The van der Waals surface area contributed by atoms with Gasteiger partial charge in [-0.15, -0.1) is 0 Å². The van der Waals surface area contributed by atoms with E-state index in [1.54, 1.807) is 30.3 Å². The van der Waals surface area contributed by atoms with Gasteiger partial charge in [-0.1, -0.05) is 75.3 Å². The molecule has 0 radical (unpaired) electrons. The number of carbonyl (C=O) groups excluding carboxylic acids is 3. The first-order chi connectivity index (χ1) is 22.8. The molecule has 0 fully saturated rings. The lowest BCUT2D eigenvalue weighted by Crippen LogP contribution is -2.55. The molecule has 1 rings (SSSR count). The number of carboxylic acid groups (broad SMARTS) is 2. The van der Waals surface area contributed by atoms with Crippen molar-refractivity contribution in [3.63, 3.8) is 0 Å². The molecular weight excluding hydrogens is 618 g/mol. The monoisotopic (exact) mass is 673 g/mol. The maximum Gasteiger partial charge on any atom is 0.337 e. The summed E-state index contributed by atoms with van der Waals surface area (Å²) in [4.78, 5) is 61.9. The zero-order valence-electron chi connectivity index (χ0n) is 29.0. The van der Waals surface area contributed by atoms with Gasteiger partial charge in [0.05, 0.1) is 19.4 Å². The number of benzene rings is 1. The Morgan fingerprint density at radius 2 is 1.50 bits per heavy atom. The average Bonchev–Trinajstić information content (AvgIpc) is 3.03. The number of hydrogen-bond donors (Lipinski definition) is 4. The number of hydrogen-bond acceptors (Lipinski definition) is 8. The Hall–Kier alpha value is -3.99. The molecule has 0 aliphatic rings. The van der Waals surface area contributed by atoms with E-state index in [4.69, 9.17) is 4.74 Å². The molecule has 1 amide bonds. The molecule has 3 unspecified atom stereocenters. The first kappa shape index (κ1) is 42.0. The van der Waals surface area contributed by atoms with E-state index in [1.165, 1.54) is 18.9 Å². The van der Waals surface area contributed by atoms with E-state index < -0.39 is 47.8 Å². The molecule has 0 aliphatic heterocycles. The lowest BCUT2D eigenvalue weighted by atomic mass is 9.82. The number of rotatable bonds is 26. The van der Waals surface area contributed by atoms with Crippen molar-refractivity contribution in [3.8, 4) is 5.75 Å². The topological polar surface area (TPSA) is 177 Å². The Kier molecular flexibility index (Phi) is 20.5. The van der Waals surface area contributed by atoms with Crippen LogP contribution in [0.25, 0.3) is 0 Å². The highest BCUT2D eigenvalue weighted by Crippen LogP contribution is 2.26. The van der Waals surface area contributed by atoms with Gasteiger partial charge in [-0.25, -0.2) is 9.59 Å². The molecule has 0 saturated heterocycles. The number of carbonyl (C=O) groups is 5. The molecule has 4 N–H and O–H groups in total. The first-order valence-corrected chi connectivity index (χ1v) is 16.9. The highest BCUT2D eigenvalue weighted by atomic mass is 16.5. The fraction of sp³-hybridized carbons (Fsp3) is 0.595. The van der Waals surface area contributed by atoms with Gasteiger partial charge >= 0.3 is 17.9 Å². The number of carboxylic acids is 2. The lowest BCUT2D eigenvalue weighted by Gasteiger charge is -2.30. The first-order valence-electron chi connectivity index (χ1n) is 16.9. The average molecular weight is 674 g/mol. The number of methoxy groups -OCH3 is 1. The van der Waals surface area contributed by atoms with Gasteiger partial charge in [0.25, 0.3) is 0 Å². The van der Waals surface area contributed by atoms with Crippen molar-refractivity contribution in [2.75, 3.05) is 13.7 Å². The second-order valence-electron chi connectivity index (χ2n) is 12.4. The third-order valence-electron chi connectivity index (χ3n) is 7.99. The van der Waals surface area contributed by atoms with Crippen LogP contribution in [0.4, 0.5) is 0 Å². The van der Waals surface area contributed by atoms with Crippen LogP contribution in [-0.4, -0.2) is 70.3 Å². The summed E-state index contributed by atoms with van der Waals surface area (Å²) in [5.74, 6) is -6.25. The van der Waals surface area contributed by atoms with E-state index in [0.29, 0.717) is 43.6 Å². The lowest BCUT2D eigenvalue weighted by molar-refractivity contribution is -0.173. The summed E-state index contributed by atoms with van der Waals surface area (Å²) in [5, 5.41) is 33.2. The third-order valence-corrected chi connectivity index (χ3v) is 7.99. The molecule has 3 atom stereocenters. The Morgan fingerprint density at radius 1 is 0.896 bits per heavy atom. The number of aliphatic hydroxyl groups is 1. The van der Waals surface area contributed by atoms with Crippen molar-refractivity contribution in [1.29, 1.82) is 0 Å². The van der Waals surface area contributed by atoms with Crippen LogP contribution in [0.15, 0.2) is 48.1 Å². The summed E-state index contributed by atoms with van der Waals surface area (Å²) in [6.45, 7) is 6.43. The smallest absolute Gasteiger partial charge is 0.337 e. The Morgan fingerprint density at radius 3 is 2.04 bits per heavy atom. The van der Waals surface area contributed by atoms with Crippen LogP contribution in [0, 0.1) is 5.92 Å². The minimum absolute atomic E-state index is 0.129. The Balaban J connectivity index is 2.88. The molecule has 1 aromatic carbocycles. The second kappa shape index (κ2) is 23.4. The number of Topliss-reactive ketones (excluding diaryl/α,β-unsaturated/α-hetero) is 1. The van der Waals surface area contributed by atoms with E-state index in [1.807, 2.05) is 19.9 Å². The second-order valence-corrected chi connectivity index (χ2v) is 12.4. The van der Waals surface area contributed by atoms with Crippen molar-refractivity contribution in [2.24, 2.45) is 5.92 Å². The highest BCUT2D eigenvalue weighted by Gasteiger charge is 2.49. The van der Waals surface area contributed by atoms with Gasteiger partial charge in [0.1, 0.15) is 24.2 Å². The summed E-state index contributed by atoms with van der Waals surface area (Å²) in [6, 6.07) is 5.21. The van der Waals surface area contributed by atoms with Crippen LogP contribution in [0.2, 0.25) is 0 Å². The quantitative estimate of drug-likeness (QED) is 0.0521. The number of ether oxygens (including phenoxy) is 2. The van der Waals surface area contributed by atoms with Crippen molar-refractivity contribution < 1.29 is 48.8 Å². The van der Waals surface area contributed by atoms with E-state index in [-0.39, 0.29) is 12.2 Å². The Bertz CT molecular complexity index is 1220. The van der Waals surface area contributed by atoms with Gasteiger partial charge in [0.2, 0.25) is 5.91 Å². The van der Waals surface area contributed by atoms with Crippen molar-refractivity contribution in [3.05, 3.63) is 53.6 Å². The zero-order valence-corrected chi connectivity index (χ0v) is 29.0. The SMILES string of the molecule is CCCCCCCC(=O)CCCCCC/C=C/C(C(=O)NC(Cc1ccc(OCC=C(C)C)cc1)C(=O)O)C(O)(CC(=O)OC)C(=O)O. The molecule has 0 spiro atoms. The number of nitrogens with one attached hydrogen (secondary N) is 1. The number of esters is 1. The molecule has 0 aliphatic carbocycles. The van der Waals surface area contributed by atoms with Crippen LogP contribution in [-0.2, 0) is 35.1 Å². The van der Waals surface area contributed by atoms with E-state index >= 15 is 0 Å². The van der Waals surface area contributed by atoms with Crippen molar-refractivity contribution in [2.45, 2.75) is 122 Å². The van der Waals surface area contributed by atoms with Gasteiger partial charge in [-0.05, 0) is 63.3 Å². The number of amides is 1. The maximum absolute atomic E-state index is 13.4. The maximum atomic E-state index is 13.4. The molecular formula is C37H55NO10. The van der Waals surface area contributed by atoms with Gasteiger partial charge < -0.3 is 30.1 Å². The summed E-state index contributed by atoms with van der Waals surface area (Å²) in [5.41, 5.74) is -1.22. The van der Waals surface area contributed by atoms with Gasteiger partial charge in [-0.2, -0.15) is 0 Å². The predicted molar refractivity (Wildman–Crippen MR) is 183 cm³/mol. The molecule has 1 aromatic rings. The van der Waals surface area contributed by atoms with E-state index in [9.17, 15) is 39.3 Å². The normalized spacial score (nSPS) is 13.6. The standard InChI is InChI=1S/C37H55NO10/c1-5-6-7-10-13-16-29(39)17-14-11-8-9-12-15-18-31(37(46,36(44)45)26-33(40)47-4)34(41)38-32(35(42)43)25-28-19-21-30(22-20-28)48-24-23-27(2)3/h15,18-23,31-32,46H,5-14,16-17,24-26H2,1-4H3,(H,38,41)(H,42,43)(H,44,45)/b18-15+. The minimum atomic E-state index is -2.89. The van der Waals surface area contributed by atoms with Crippen molar-refractivity contribution in [1.82, 2.24) is 5.32 Å². The summed E-state index contributed by atoms with van der Waals surface area (Å²) < 4.78 is 10.2. The number of unbranched alkanes of at least 4 members (excludes halogenated alkanes) is 8. The van der Waals surface area contributed by atoms with Crippen LogP contribution < -0.4 is 10.1 Å². The molecule has 0 aromatic heterocycles. The van der Waals surface area contributed by atoms with Gasteiger partial charge in [0, 0.05) is 19.3 Å². The number of aliphatic carboxylic acids is 2. The molecule has 11 nitrogen and oxygen atoms in total. The molecule has 268 valence electrons. The molecule has 0 heterocycles. The Labute approximate surface area is 284 Å². The van der Waals surface area contributed by atoms with Gasteiger partial charge in [-0.3, -0.25) is 14.4 Å². The zero-order chi connectivity index (χ0) is 36.0. The fourth-order valence-electron chi connectivity index (χ4n) is 5.02. The van der Waals surface area contributed by atoms with Crippen LogP contribution in [0.5, 0.6) is 5.75 Å². The molecule has 0 saturated carbocycles. The van der Waals surface area contributed by atoms with Crippen LogP contribution in [0.1, 0.15) is 110 Å².